The topological polar surface area (TPSA) is 34.5 Å². The molecular weight excluding hydrogens is 312 g/mol. The lowest BCUT2D eigenvalue weighted by Gasteiger charge is -2.22. The first-order chi connectivity index (χ1) is 12.2. The SMILES string of the molecule is CCn1cc2c3c(cccc31)CN(C(=O)c1ccccc1OC)CC2. The molecule has 0 saturated carbocycles. The summed E-state index contributed by atoms with van der Waals surface area (Å²) in [4.78, 5) is 15.0. The van der Waals surface area contributed by atoms with Crippen molar-refractivity contribution in [2.75, 3.05) is 13.7 Å². The number of aryl methyl sites for hydroxylation is 1. The molecule has 4 nitrogen and oxygen atoms in total. The van der Waals surface area contributed by atoms with Crippen LogP contribution in [-0.2, 0) is 19.5 Å². The highest BCUT2D eigenvalue weighted by molar-refractivity contribution is 5.97. The number of carbonyl (C=O) groups excluding carboxylic acids is 1. The minimum atomic E-state index is 0.0305. The average Bonchev–Trinajstić information content (AvgIpc) is 2.92. The first-order valence-electron chi connectivity index (χ1n) is 8.74. The van der Waals surface area contributed by atoms with E-state index in [1.807, 2.05) is 29.2 Å². The average molecular weight is 334 g/mol. The van der Waals surface area contributed by atoms with Gasteiger partial charge in [-0.1, -0.05) is 24.3 Å². The Morgan fingerprint density at radius 1 is 1.12 bits per heavy atom. The summed E-state index contributed by atoms with van der Waals surface area (Å²) in [5.74, 6) is 0.661. The number of aromatic nitrogens is 1. The number of ether oxygens (including phenoxy) is 1. The van der Waals surface area contributed by atoms with Crippen molar-refractivity contribution in [3.05, 3.63) is 65.4 Å². The Balaban J connectivity index is 1.72. The molecule has 1 aliphatic rings. The summed E-state index contributed by atoms with van der Waals surface area (Å²) in [6, 6.07) is 13.8. The van der Waals surface area contributed by atoms with Gasteiger partial charge in [0, 0.05) is 36.7 Å². The summed E-state index contributed by atoms with van der Waals surface area (Å²) in [5.41, 5.74) is 4.45. The van der Waals surface area contributed by atoms with Crippen molar-refractivity contribution in [3.8, 4) is 5.75 Å². The maximum atomic E-state index is 13.1. The second-order valence-corrected chi connectivity index (χ2v) is 6.43. The lowest BCUT2D eigenvalue weighted by atomic mass is 10.1. The van der Waals surface area contributed by atoms with Gasteiger partial charge in [0.05, 0.1) is 12.7 Å². The molecule has 0 atom stereocenters. The molecule has 0 N–H and O–H groups in total. The van der Waals surface area contributed by atoms with E-state index in [9.17, 15) is 4.79 Å². The molecule has 4 heteroatoms. The quantitative estimate of drug-likeness (QED) is 0.729. The van der Waals surface area contributed by atoms with Crippen LogP contribution in [0.5, 0.6) is 5.75 Å². The number of methoxy groups -OCH3 is 1. The van der Waals surface area contributed by atoms with Crippen molar-refractivity contribution in [1.82, 2.24) is 9.47 Å². The van der Waals surface area contributed by atoms with Gasteiger partial charge in [-0.15, -0.1) is 0 Å². The van der Waals surface area contributed by atoms with E-state index in [-0.39, 0.29) is 5.91 Å². The highest BCUT2D eigenvalue weighted by Crippen LogP contribution is 2.30. The van der Waals surface area contributed by atoms with E-state index in [1.54, 1.807) is 7.11 Å². The Kier molecular flexibility index (Phi) is 3.96. The van der Waals surface area contributed by atoms with Gasteiger partial charge in [0.15, 0.2) is 0 Å². The van der Waals surface area contributed by atoms with Gasteiger partial charge in [-0.3, -0.25) is 4.79 Å². The maximum Gasteiger partial charge on any atom is 0.257 e. The van der Waals surface area contributed by atoms with Gasteiger partial charge >= 0.3 is 0 Å². The zero-order chi connectivity index (χ0) is 17.4. The molecule has 0 fully saturated rings. The molecule has 0 aliphatic carbocycles. The fraction of sp³-hybridized carbons (Fsp3) is 0.286. The summed E-state index contributed by atoms with van der Waals surface area (Å²) in [5, 5.41) is 1.32. The highest BCUT2D eigenvalue weighted by atomic mass is 16.5. The van der Waals surface area contributed by atoms with Gasteiger partial charge in [0.25, 0.3) is 5.91 Å². The van der Waals surface area contributed by atoms with Gasteiger partial charge < -0.3 is 14.2 Å². The van der Waals surface area contributed by atoms with Crippen LogP contribution in [0.1, 0.15) is 28.4 Å². The van der Waals surface area contributed by atoms with Crippen molar-refractivity contribution in [1.29, 1.82) is 0 Å². The normalized spacial score (nSPS) is 13.8. The Morgan fingerprint density at radius 3 is 2.76 bits per heavy atom. The van der Waals surface area contributed by atoms with Gasteiger partial charge in [0.2, 0.25) is 0 Å². The third-order valence-corrected chi connectivity index (χ3v) is 5.05. The van der Waals surface area contributed by atoms with Crippen LogP contribution in [0.2, 0.25) is 0 Å². The first kappa shape index (κ1) is 15.8. The smallest absolute Gasteiger partial charge is 0.257 e. The van der Waals surface area contributed by atoms with E-state index in [0.717, 1.165) is 13.0 Å². The minimum Gasteiger partial charge on any atom is -0.496 e. The lowest BCUT2D eigenvalue weighted by molar-refractivity contribution is 0.0744. The number of nitrogens with zero attached hydrogens (tertiary/aromatic N) is 2. The van der Waals surface area contributed by atoms with Gasteiger partial charge in [-0.05, 0) is 42.7 Å². The van der Waals surface area contributed by atoms with Crippen LogP contribution in [-0.4, -0.2) is 29.0 Å². The molecule has 0 spiro atoms. The number of hydrogen-bond donors (Lipinski definition) is 0. The van der Waals surface area contributed by atoms with Gasteiger partial charge in [-0.25, -0.2) is 0 Å². The lowest BCUT2D eigenvalue weighted by Crippen LogP contribution is -2.31. The Labute approximate surface area is 147 Å². The van der Waals surface area contributed by atoms with Crippen molar-refractivity contribution >= 4 is 16.8 Å². The maximum absolute atomic E-state index is 13.1. The molecule has 1 aliphatic heterocycles. The standard InChI is InChI=1S/C21H22N2O2/c1-3-22-13-16-11-12-23(14-15-7-6-9-18(22)20(15)16)21(24)17-8-4-5-10-19(17)25-2/h4-10,13H,3,11-12,14H2,1-2H3. The van der Waals surface area contributed by atoms with Crippen LogP contribution in [0.3, 0.4) is 0 Å². The molecule has 1 aromatic heterocycles. The molecule has 128 valence electrons. The van der Waals surface area contributed by atoms with E-state index in [4.69, 9.17) is 4.74 Å². The summed E-state index contributed by atoms with van der Waals surface area (Å²) >= 11 is 0. The molecular formula is C21H22N2O2. The molecule has 3 aromatic rings. The largest absolute Gasteiger partial charge is 0.496 e. The van der Waals surface area contributed by atoms with E-state index in [0.29, 0.717) is 24.4 Å². The van der Waals surface area contributed by atoms with Crippen molar-refractivity contribution in [3.63, 3.8) is 0 Å². The molecule has 0 saturated heterocycles. The second-order valence-electron chi connectivity index (χ2n) is 6.43. The Bertz CT molecular complexity index is 942. The van der Waals surface area contributed by atoms with Crippen molar-refractivity contribution in [2.24, 2.45) is 0 Å². The second kappa shape index (κ2) is 6.28. The Hall–Kier alpha value is -2.75. The minimum absolute atomic E-state index is 0.0305. The van der Waals surface area contributed by atoms with Gasteiger partial charge in [-0.2, -0.15) is 0 Å². The van der Waals surface area contributed by atoms with Crippen LogP contribution in [0, 0.1) is 0 Å². The number of rotatable bonds is 3. The van der Waals surface area contributed by atoms with Crippen LogP contribution in [0.25, 0.3) is 10.9 Å². The van der Waals surface area contributed by atoms with E-state index in [1.165, 1.54) is 22.0 Å². The van der Waals surface area contributed by atoms with Crippen LogP contribution < -0.4 is 4.74 Å². The zero-order valence-electron chi connectivity index (χ0n) is 14.7. The predicted molar refractivity (Wildman–Crippen MR) is 99.1 cm³/mol. The molecule has 1 amide bonds. The van der Waals surface area contributed by atoms with Crippen LogP contribution >= 0.6 is 0 Å². The zero-order valence-corrected chi connectivity index (χ0v) is 14.7. The molecule has 2 aromatic carbocycles. The first-order valence-corrected chi connectivity index (χ1v) is 8.74. The molecule has 0 unspecified atom stereocenters. The third kappa shape index (κ3) is 2.58. The number of benzene rings is 2. The fourth-order valence-electron chi connectivity index (χ4n) is 3.81. The van der Waals surface area contributed by atoms with E-state index in [2.05, 4.69) is 35.9 Å². The van der Waals surface area contributed by atoms with Crippen molar-refractivity contribution < 1.29 is 9.53 Å². The van der Waals surface area contributed by atoms with Crippen LogP contribution in [0.15, 0.2) is 48.7 Å². The monoisotopic (exact) mass is 334 g/mol. The predicted octanol–water partition coefficient (Wildman–Crippen LogP) is 3.87. The summed E-state index contributed by atoms with van der Waals surface area (Å²) in [6.45, 7) is 4.48. The van der Waals surface area contributed by atoms with E-state index < -0.39 is 0 Å². The molecule has 4 rings (SSSR count). The van der Waals surface area contributed by atoms with Gasteiger partial charge in [0.1, 0.15) is 5.75 Å². The van der Waals surface area contributed by atoms with Crippen LogP contribution in [0.4, 0.5) is 0 Å². The highest BCUT2D eigenvalue weighted by Gasteiger charge is 2.24. The molecule has 2 heterocycles. The summed E-state index contributed by atoms with van der Waals surface area (Å²) in [6.07, 6.45) is 3.12. The van der Waals surface area contributed by atoms with Crippen molar-refractivity contribution in [2.45, 2.75) is 26.4 Å². The number of para-hydroxylation sites is 1. The number of carbonyl (C=O) groups is 1. The summed E-state index contributed by atoms with van der Waals surface area (Å²) in [7, 11) is 1.61. The number of amides is 1. The third-order valence-electron chi connectivity index (χ3n) is 5.05. The fourth-order valence-corrected chi connectivity index (χ4v) is 3.81. The summed E-state index contributed by atoms with van der Waals surface area (Å²) < 4.78 is 7.67. The number of hydrogen-bond acceptors (Lipinski definition) is 2. The Morgan fingerprint density at radius 2 is 1.96 bits per heavy atom. The molecule has 0 radical (unpaired) electrons. The van der Waals surface area contributed by atoms with E-state index >= 15 is 0 Å². The molecule has 0 bridgehead atoms. The molecule has 25 heavy (non-hydrogen) atoms.